The van der Waals surface area contributed by atoms with Gasteiger partial charge < -0.3 is 19.9 Å². The van der Waals surface area contributed by atoms with Crippen molar-refractivity contribution in [2.24, 2.45) is 5.92 Å². The van der Waals surface area contributed by atoms with Gasteiger partial charge in [-0.15, -0.1) is 0 Å². The average Bonchev–Trinajstić information content (AvgIpc) is 3.13. The van der Waals surface area contributed by atoms with Crippen LogP contribution in [0.3, 0.4) is 0 Å². The summed E-state index contributed by atoms with van der Waals surface area (Å²) in [5.74, 6) is -3.54. The Labute approximate surface area is 202 Å². The van der Waals surface area contributed by atoms with Gasteiger partial charge in [0.25, 0.3) is 5.91 Å². The Hall–Kier alpha value is -3.88. The van der Waals surface area contributed by atoms with Crippen LogP contribution in [0.1, 0.15) is 43.2 Å². The average molecular weight is 481 g/mol. The number of carboxylic acids is 1. The van der Waals surface area contributed by atoms with Gasteiger partial charge in [-0.1, -0.05) is 55.0 Å². The van der Waals surface area contributed by atoms with E-state index >= 15 is 0 Å². The lowest BCUT2D eigenvalue weighted by atomic mass is 9.79. The normalized spacial score (nSPS) is 16.1. The molecule has 4 rings (SSSR count). The molecule has 0 aromatic heterocycles. The number of benzene rings is 2. The van der Waals surface area contributed by atoms with Gasteiger partial charge in [-0.25, -0.2) is 14.4 Å². The molecule has 2 amide bonds. The molecule has 1 fully saturated rings. The number of rotatable bonds is 9. The number of carbonyl (C=O) groups excluding carboxylic acids is 3. The van der Waals surface area contributed by atoms with Crippen LogP contribution in [0.15, 0.2) is 48.5 Å². The summed E-state index contributed by atoms with van der Waals surface area (Å²) in [7, 11) is 0. The third-order valence-electron chi connectivity index (χ3n) is 6.58. The first-order valence-corrected chi connectivity index (χ1v) is 11.7. The summed E-state index contributed by atoms with van der Waals surface area (Å²) in [6, 6.07) is 12.8. The predicted octanol–water partition coefficient (Wildman–Crippen LogP) is 2.83. The maximum Gasteiger partial charge on any atom is 0.408 e. The fourth-order valence-electron chi connectivity index (χ4n) is 4.61. The molecule has 0 bridgehead atoms. The highest BCUT2D eigenvalue weighted by atomic mass is 16.6. The van der Waals surface area contributed by atoms with Crippen LogP contribution in [0, 0.1) is 5.92 Å². The highest BCUT2D eigenvalue weighted by molar-refractivity contribution is 6.05. The molecule has 2 unspecified atom stereocenters. The van der Waals surface area contributed by atoms with Crippen LogP contribution < -0.4 is 10.6 Å². The molecule has 2 aliphatic carbocycles. The fraction of sp³-hybridized carbons (Fsp3) is 0.385. The fourth-order valence-corrected chi connectivity index (χ4v) is 4.61. The Balaban J connectivity index is 1.43. The number of hydrogen-bond acceptors (Lipinski definition) is 6. The Morgan fingerprint density at radius 3 is 2.06 bits per heavy atom. The van der Waals surface area contributed by atoms with E-state index in [1.54, 1.807) is 6.92 Å². The van der Waals surface area contributed by atoms with Gasteiger partial charge in [0.2, 0.25) is 6.04 Å². The summed E-state index contributed by atoms with van der Waals surface area (Å²) in [5.41, 5.74) is 4.17. The number of aliphatic carboxylic acids is 1. The van der Waals surface area contributed by atoms with E-state index in [2.05, 4.69) is 10.6 Å². The van der Waals surface area contributed by atoms with Crippen molar-refractivity contribution in [3.63, 3.8) is 0 Å². The van der Waals surface area contributed by atoms with Crippen molar-refractivity contribution in [2.75, 3.05) is 13.2 Å². The Morgan fingerprint density at radius 2 is 1.54 bits per heavy atom. The van der Waals surface area contributed by atoms with Gasteiger partial charge in [-0.05, 0) is 47.9 Å². The number of nitrogens with one attached hydrogen (secondary N) is 2. The Kier molecular flexibility index (Phi) is 7.33. The summed E-state index contributed by atoms with van der Waals surface area (Å²) in [5, 5.41) is 14.1. The van der Waals surface area contributed by atoms with Crippen LogP contribution >= 0.6 is 0 Å². The molecule has 0 aliphatic heterocycles. The molecule has 0 spiro atoms. The largest absolute Gasteiger partial charge is 0.480 e. The molecule has 2 aromatic rings. The van der Waals surface area contributed by atoms with E-state index in [1.807, 2.05) is 48.5 Å². The number of carboxylic acid groups (broad SMARTS) is 1. The maximum atomic E-state index is 12.8. The second-order valence-electron chi connectivity index (χ2n) is 8.67. The van der Waals surface area contributed by atoms with E-state index < -0.39 is 36.0 Å². The highest BCUT2D eigenvalue weighted by Crippen LogP contribution is 2.44. The van der Waals surface area contributed by atoms with Crippen molar-refractivity contribution >= 4 is 23.9 Å². The van der Waals surface area contributed by atoms with E-state index in [-0.39, 0.29) is 25.0 Å². The van der Waals surface area contributed by atoms with Gasteiger partial charge >= 0.3 is 18.0 Å². The predicted molar refractivity (Wildman–Crippen MR) is 126 cm³/mol. The van der Waals surface area contributed by atoms with E-state index in [0.717, 1.165) is 28.7 Å². The second-order valence-corrected chi connectivity index (χ2v) is 8.67. The number of alkyl carbamates (subject to hydrolysis) is 1. The summed E-state index contributed by atoms with van der Waals surface area (Å²) in [6.45, 7) is 1.55. The van der Waals surface area contributed by atoms with Crippen molar-refractivity contribution in [1.29, 1.82) is 0 Å². The highest BCUT2D eigenvalue weighted by Gasteiger charge is 2.38. The number of ether oxygens (including phenoxy) is 2. The van der Waals surface area contributed by atoms with Crippen LogP contribution in [0.25, 0.3) is 11.1 Å². The molecule has 184 valence electrons. The van der Waals surface area contributed by atoms with Crippen LogP contribution in [0.2, 0.25) is 0 Å². The first kappa shape index (κ1) is 24.3. The minimum Gasteiger partial charge on any atom is -0.480 e. The molecule has 0 radical (unpaired) electrons. The van der Waals surface area contributed by atoms with Crippen LogP contribution in [-0.4, -0.2) is 54.3 Å². The molecule has 35 heavy (non-hydrogen) atoms. The van der Waals surface area contributed by atoms with Gasteiger partial charge in [0.1, 0.15) is 12.6 Å². The molecule has 0 heterocycles. The Bertz CT molecular complexity index is 1080. The van der Waals surface area contributed by atoms with Gasteiger partial charge in [0.05, 0.1) is 6.61 Å². The number of hydrogen-bond donors (Lipinski definition) is 3. The minimum atomic E-state index is -1.73. The summed E-state index contributed by atoms with van der Waals surface area (Å²) in [6.07, 6.45) is 1.24. The maximum absolute atomic E-state index is 12.8. The van der Waals surface area contributed by atoms with Crippen molar-refractivity contribution in [3.05, 3.63) is 59.7 Å². The molecular weight excluding hydrogens is 452 g/mol. The second kappa shape index (κ2) is 10.6. The lowest BCUT2D eigenvalue weighted by Gasteiger charge is -2.32. The SMILES string of the molecule is CCOC(=O)C(NC(=O)OCC1c2ccccc2-c2ccccc21)C(=O)NC(C(=O)O)C1CCC1. The lowest BCUT2D eigenvalue weighted by molar-refractivity contribution is -0.152. The van der Waals surface area contributed by atoms with Crippen LogP contribution in [0.5, 0.6) is 0 Å². The molecular formula is C26H28N2O7. The summed E-state index contributed by atoms with van der Waals surface area (Å²) < 4.78 is 10.3. The van der Waals surface area contributed by atoms with Crippen molar-refractivity contribution in [2.45, 2.75) is 44.2 Å². The number of fused-ring (bicyclic) bond motifs is 3. The molecule has 9 heteroatoms. The van der Waals surface area contributed by atoms with Crippen molar-refractivity contribution in [1.82, 2.24) is 10.6 Å². The van der Waals surface area contributed by atoms with E-state index in [9.17, 15) is 24.3 Å². The number of amides is 2. The zero-order valence-electron chi connectivity index (χ0n) is 19.4. The summed E-state index contributed by atoms with van der Waals surface area (Å²) in [4.78, 5) is 49.5. The monoisotopic (exact) mass is 480 g/mol. The van der Waals surface area contributed by atoms with Gasteiger partial charge in [0.15, 0.2) is 0 Å². The topological polar surface area (TPSA) is 131 Å². The Morgan fingerprint density at radius 1 is 0.943 bits per heavy atom. The third-order valence-corrected chi connectivity index (χ3v) is 6.58. The quantitative estimate of drug-likeness (QED) is 0.372. The van der Waals surface area contributed by atoms with E-state index in [4.69, 9.17) is 9.47 Å². The molecule has 3 N–H and O–H groups in total. The number of esters is 1. The van der Waals surface area contributed by atoms with Gasteiger partial charge in [-0.3, -0.25) is 10.1 Å². The zero-order valence-corrected chi connectivity index (χ0v) is 19.4. The standard InChI is InChI=1S/C26H28N2O7/c1-2-34-25(32)22(23(29)27-21(24(30)31)15-8-7-9-15)28-26(33)35-14-20-18-12-5-3-10-16(18)17-11-4-6-13-19(17)20/h3-6,10-13,15,20-22H,2,7-9,14H2,1H3,(H,27,29)(H,28,33)(H,30,31). The van der Waals surface area contributed by atoms with Crippen LogP contribution in [0.4, 0.5) is 4.79 Å². The molecule has 9 nitrogen and oxygen atoms in total. The molecule has 1 saturated carbocycles. The van der Waals surface area contributed by atoms with E-state index in [0.29, 0.717) is 12.8 Å². The molecule has 2 aliphatic rings. The van der Waals surface area contributed by atoms with Crippen molar-refractivity contribution in [3.8, 4) is 11.1 Å². The van der Waals surface area contributed by atoms with Crippen LogP contribution in [-0.2, 0) is 23.9 Å². The smallest absolute Gasteiger partial charge is 0.408 e. The molecule has 2 aromatic carbocycles. The molecule has 0 saturated heterocycles. The zero-order chi connectivity index (χ0) is 24.9. The lowest BCUT2D eigenvalue weighted by Crippen LogP contribution is -2.57. The van der Waals surface area contributed by atoms with Gasteiger partial charge in [-0.2, -0.15) is 0 Å². The first-order valence-electron chi connectivity index (χ1n) is 11.7. The minimum absolute atomic E-state index is 0.00313. The van der Waals surface area contributed by atoms with Gasteiger partial charge in [0, 0.05) is 5.92 Å². The first-order chi connectivity index (χ1) is 16.9. The molecule has 2 atom stereocenters. The van der Waals surface area contributed by atoms with Crippen molar-refractivity contribution < 1.29 is 33.8 Å². The number of carbonyl (C=O) groups is 4. The van der Waals surface area contributed by atoms with E-state index in [1.165, 1.54) is 0 Å². The summed E-state index contributed by atoms with van der Waals surface area (Å²) >= 11 is 0. The third kappa shape index (κ3) is 5.13.